The van der Waals surface area contributed by atoms with Crippen molar-refractivity contribution in [1.82, 2.24) is 10.4 Å². The first-order valence-electron chi connectivity index (χ1n) is 11.1. The van der Waals surface area contributed by atoms with Crippen LogP contribution in [-0.2, 0) is 16.1 Å². The fourth-order valence-electron chi connectivity index (χ4n) is 3.58. The number of hydrogen-bond donors (Lipinski definition) is 1. The molecule has 2 aromatic carbocycles. The molecule has 1 aliphatic carbocycles. The predicted molar refractivity (Wildman–Crippen MR) is 126 cm³/mol. The molecular weight excluding hydrogens is 402 g/mol. The molecule has 0 saturated carbocycles. The van der Waals surface area contributed by atoms with E-state index >= 15 is 0 Å². The maximum atomic E-state index is 5.96. The van der Waals surface area contributed by atoms with Gasteiger partial charge in [-0.25, -0.2) is 4.99 Å². The van der Waals surface area contributed by atoms with Crippen LogP contribution in [-0.4, -0.2) is 37.0 Å². The highest BCUT2D eigenvalue weighted by Crippen LogP contribution is 2.23. The molecule has 2 atom stereocenters. The Morgan fingerprint density at radius 1 is 1.09 bits per heavy atom. The fourth-order valence-corrected chi connectivity index (χ4v) is 3.58. The van der Waals surface area contributed by atoms with Crippen molar-refractivity contribution in [3.8, 4) is 5.75 Å². The summed E-state index contributed by atoms with van der Waals surface area (Å²) in [4.78, 5) is 4.83. The van der Waals surface area contributed by atoms with Crippen LogP contribution in [0.1, 0.15) is 31.4 Å². The van der Waals surface area contributed by atoms with Gasteiger partial charge in [-0.1, -0.05) is 50.3 Å². The second kappa shape index (κ2) is 10.5. The van der Waals surface area contributed by atoms with Crippen LogP contribution in [0.25, 0.3) is 0 Å². The summed E-state index contributed by atoms with van der Waals surface area (Å²) in [7, 11) is 1.69. The van der Waals surface area contributed by atoms with Gasteiger partial charge in [0.05, 0.1) is 19.8 Å². The summed E-state index contributed by atoms with van der Waals surface area (Å²) >= 11 is 0. The molecule has 1 N–H and O–H groups in total. The van der Waals surface area contributed by atoms with Crippen molar-refractivity contribution < 1.29 is 14.2 Å². The monoisotopic (exact) mass is 433 g/mol. The molecular formula is C26H31N3O3. The molecule has 6 nitrogen and oxygen atoms in total. The number of hydrazine groups is 1. The maximum absolute atomic E-state index is 5.96. The fraction of sp³-hybridized carbons (Fsp3) is 0.346. The van der Waals surface area contributed by atoms with Crippen molar-refractivity contribution >= 4 is 5.84 Å². The molecule has 0 saturated heterocycles. The molecule has 168 valence electrons. The van der Waals surface area contributed by atoms with Crippen LogP contribution in [0.4, 0.5) is 0 Å². The average Bonchev–Trinajstić information content (AvgIpc) is 3.27. The average molecular weight is 434 g/mol. The SMILES string of the molecule is COC1=CCC(N2NC(OCC(C)C)N=C2c2ccc(OCc3ccccc3)cc2)C=C1. The Bertz CT molecular complexity index is 968. The molecule has 0 fully saturated rings. The number of ether oxygens (including phenoxy) is 3. The second-order valence-corrected chi connectivity index (χ2v) is 8.30. The lowest BCUT2D eigenvalue weighted by molar-refractivity contribution is -0.00250. The number of rotatable bonds is 9. The van der Waals surface area contributed by atoms with Gasteiger partial charge in [0.15, 0.2) is 0 Å². The molecule has 0 spiro atoms. The molecule has 0 amide bonds. The number of nitrogens with zero attached hydrogens (tertiary/aromatic N) is 2. The Balaban J connectivity index is 1.47. The summed E-state index contributed by atoms with van der Waals surface area (Å²) in [5.74, 6) is 3.00. The molecule has 2 aliphatic rings. The Morgan fingerprint density at radius 2 is 1.88 bits per heavy atom. The molecule has 1 aliphatic heterocycles. The van der Waals surface area contributed by atoms with E-state index in [-0.39, 0.29) is 6.04 Å². The van der Waals surface area contributed by atoms with E-state index in [0.717, 1.165) is 34.9 Å². The summed E-state index contributed by atoms with van der Waals surface area (Å²) in [5, 5.41) is 2.09. The largest absolute Gasteiger partial charge is 0.497 e. The van der Waals surface area contributed by atoms with Crippen LogP contribution < -0.4 is 10.2 Å². The normalized spacial score (nSPS) is 20.3. The smallest absolute Gasteiger partial charge is 0.223 e. The van der Waals surface area contributed by atoms with Crippen molar-refractivity contribution in [2.75, 3.05) is 13.7 Å². The number of methoxy groups -OCH3 is 1. The van der Waals surface area contributed by atoms with Gasteiger partial charge in [-0.05, 0) is 54.3 Å². The zero-order chi connectivity index (χ0) is 22.3. The minimum absolute atomic E-state index is 0.120. The molecule has 2 unspecified atom stereocenters. The van der Waals surface area contributed by atoms with Gasteiger partial charge in [0, 0.05) is 5.56 Å². The van der Waals surface area contributed by atoms with Crippen molar-refractivity contribution in [2.24, 2.45) is 10.9 Å². The van der Waals surface area contributed by atoms with Gasteiger partial charge in [-0.2, -0.15) is 5.43 Å². The molecule has 0 aromatic heterocycles. The van der Waals surface area contributed by atoms with Crippen molar-refractivity contribution in [1.29, 1.82) is 0 Å². The Morgan fingerprint density at radius 3 is 2.53 bits per heavy atom. The predicted octanol–water partition coefficient (Wildman–Crippen LogP) is 4.65. The molecule has 2 aromatic rings. The van der Waals surface area contributed by atoms with Crippen molar-refractivity contribution in [3.05, 3.63) is 89.7 Å². The first-order chi connectivity index (χ1) is 15.6. The van der Waals surface area contributed by atoms with Crippen molar-refractivity contribution in [3.63, 3.8) is 0 Å². The molecule has 0 radical (unpaired) electrons. The van der Waals surface area contributed by atoms with E-state index in [2.05, 4.69) is 48.6 Å². The summed E-state index contributed by atoms with van der Waals surface area (Å²) in [6, 6.07) is 18.3. The van der Waals surface area contributed by atoms with Crippen LogP contribution in [0.15, 0.2) is 83.6 Å². The maximum Gasteiger partial charge on any atom is 0.223 e. The van der Waals surface area contributed by atoms with E-state index in [4.69, 9.17) is 19.2 Å². The van der Waals surface area contributed by atoms with Gasteiger partial charge in [0.1, 0.15) is 24.0 Å². The third kappa shape index (κ3) is 5.58. The number of aliphatic imine (C=N–C) groups is 1. The van der Waals surface area contributed by atoms with E-state index in [1.807, 2.05) is 48.5 Å². The first kappa shape index (κ1) is 22.1. The molecule has 6 heteroatoms. The zero-order valence-corrected chi connectivity index (χ0v) is 18.9. The Labute approximate surface area is 190 Å². The highest BCUT2D eigenvalue weighted by atomic mass is 16.5. The van der Waals surface area contributed by atoms with Gasteiger partial charge in [0.25, 0.3) is 0 Å². The highest BCUT2D eigenvalue weighted by molar-refractivity contribution is 5.99. The topological polar surface area (TPSA) is 55.3 Å². The lowest BCUT2D eigenvalue weighted by Crippen LogP contribution is -2.48. The van der Waals surface area contributed by atoms with E-state index in [9.17, 15) is 0 Å². The summed E-state index contributed by atoms with van der Waals surface area (Å²) in [5.41, 5.74) is 5.57. The second-order valence-electron chi connectivity index (χ2n) is 8.30. The number of benzene rings is 2. The Kier molecular flexibility index (Phi) is 7.24. The van der Waals surface area contributed by atoms with Crippen LogP contribution in [0.3, 0.4) is 0 Å². The van der Waals surface area contributed by atoms with E-state index in [1.54, 1.807) is 7.11 Å². The van der Waals surface area contributed by atoms with Gasteiger partial charge >= 0.3 is 0 Å². The Hall–Kier alpha value is -3.09. The van der Waals surface area contributed by atoms with Gasteiger partial charge in [-0.15, -0.1) is 0 Å². The van der Waals surface area contributed by atoms with Crippen LogP contribution in [0.5, 0.6) is 5.75 Å². The highest BCUT2D eigenvalue weighted by Gasteiger charge is 2.31. The van der Waals surface area contributed by atoms with Gasteiger partial charge < -0.3 is 14.2 Å². The molecule has 1 heterocycles. The third-order valence-corrected chi connectivity index (χ3v) is 5.28. The van der Waals surface area contributed by atoms with Gasteiger partial charge in [0.2, 0.25) is 6.35 Å². The van der Waals surface area contributed by atoms with E-state index < -0.39 is 6.35 Å². The van der Waals surface area contributed by atoms with Crippen LogP contribution in [0, 0.1) is 5.92 Å². The zero-order valence-electron chi connectivity index (χ0n) is 18.9. The molecule has 4 rings (SSSR count). The summed E-state index contributed by atoms with van der Waals surface area (Å²) < 4.78 is 17.2. The number of hydrogen-bond acceptors (Lipinski definition) is 6. The van der Waals surface area contributed by atoms with Crippen LogP contribution >= 0.6 is 0 Å². The number of allylic oxidation sites excluding steroid dienone is 1. The number of nitrogens with one attached hydrogen (secondary N) is 1. The first-order valence-corrected chi connectivity index (χ1v) is 11.1. The number of amidine groups is 1. The van der Waals surface area contributed by atoms with E-state index in [1.165, 1.54) is 0 Å². The molecule has 0 bridgehead atoms. The minimum Gasteiger partial charge on any atom is -0.497 e. The molecule has 32 heavy (non-hydrogen) atoms. The lowest BCUT2D eigenvalue weighted by Gasteiger charge is -2.30. The lowest BCUT2D eigenvalue weighted by atomic mass is 10.1. The summed E-state index contributed by atoms with van der Waals surface area (Å²) in [6.07, 6.45) is 6.63. The van der Waals surface area contributed by atoms with E-state index in [0.29, 0.717) is 19.1 Å². The standard InChI is InChI=1S/C26H31N3O3/c1-19(2)17-32-26-27-25(29(28-26)22-11-15-23(30-3)16-12-22)21-9-13-24(14-10-21)31-18-20-7-5-4-6-8-20/h4-11,13-16,19,22,26,28H,12,17-18H2,1-3H3. The quantitative estimate of drug-likeness (QED) is 0.624. The summed E-state index contributed by atoms with van der Waals surface area (Å²) in [6.45, 7) is 5.45. The minimum atomic E-state index is -0.400. The van der Waals surface area contributed by atoms with Crippen molar-refractivity contribution in [2.45, 2.75) is 39.3 Å². The van der Waals surface area contributed by atoms with Gasteiger partial charge in [-0.3, -0.25) is 5.01 Å². The van der Waals surface area contributed by atoms with Crippen LogP contribution in [0.2, 0.25) is 0 Å². The third-order valence-electron chi connectivity index (χ3n) is 5.28.